The van der Waals surface area contributed by atoms with Crippen molar-refractivity contribution in [3.8, 4) is 0 Å². The molecular weight excluding hydrogens is 316 g/mol. The zero-order valence-corrected chi connectivity index (χ0v) is 13.7. The van der Waals surface area contributed by atoms with Gasteiger partial charge in [0.05, 0.1) is 5.69 Å². The molecule has 0 saturated heterocycles. The molecule has 0 fully saturated rings. The molecule has 0 aliphatic rings. The first-order valence-electron chi connectivity index (χ1n) is 6.48. The number of aromatic nitrogens is 2. The minimum atomic E-state index is -0.0317. The normalized spacial score (nSPS) is 11.2. The molecule has 0 saturated carbocycles. The smallest absolute Gasteiger partial charge is 0.229 e. The molecule has 5 heteroatoms. The lowest BCUT2D eigenvalue weighted by atomic mass is 10.1. The second-order valence-corrected chi connectivity index (χ2v) is 6.60. The summed E-state index contributed by atoms with van der Waals surface area (Å²) in [4.78, 5) is 8.71. The quantitative estimate of drug-likeness (QED) is 0.867. The highest BCUT2D eigenvalue weighted by atomic mass is 79.9. The maximum atomic E-state index is 4.46. The van der Waals surface area contributed by atoms with E-state index >= 15 is 0 Å². The van der Waals surface area contributed by atoms with Gasteiger partial charge in [0.1, 0.15) is 5.82 Å². The van der Waals surface area contributed by atoms with Crippen LogP contribution in [0.1, 0.15) is 26.3 Å². The van der Waals surface area contributed by atoms with Crippen LogP contribution in [0.2, 0.25) is 0 Å². The minimum Gasteiger partial charge on any atom is -0.365 e. The van der Waals surface area contributed by atoms with Gasteiger partial charge in [-0.3, -0.25) is 0 Å². The molecule has 0 unspecified atom stereocenters. The molecular formula is C15H19BrN4. The predicted octanol–water partition coefficient (Wildman–Crippen LogP) is 4.50. The molecule has 4 nitrogen and oxygen atoms in total. The Balaban J connectivity index is 2.19. The summed E-state index contributed by atoms with van der Waals surface area (Å²) in [6.07, 6.45) is 1.74. The lowest BCUT2D eigenvalue weighted by Crippen LogP contribution is -2.26. The number of hydrogen-bond acceptors (Lipinski definition) is 4. The molecule has 0 aliphatic carbocycles. The van der Waals surface area contributed by atoms with Crippen LogP contribution in [0.15, 0.2) is 34.9 Å². The molecule has 0 spiro atoms. The van der Waals surface area contributed by atoms with E-state index in [1.54, 1.807) is 6.20 Å². The highest BCUT2D eigenvalue weighted by molar-refractivity contribution is 9.10. The van der Waals surface area contributed by atoms with Gasteiger partial charge in [0.2, 0.25) is 5.95 Å². The van der Waals surface area contributed by atoms with Crippen LogP contribution in [-0.4, -0.2) is 15.5 Å². The monoisotopic (exact) mass is 334 g/mol. The van der Waals surface area contributed by atoms with Gasteiger partial charge < -0.3 is 10.6 Å². The lowest BCUT2D eigenvalue weighted by molar-refractivity contribution is 0.630. The molecule has 1 aromatic heterocycles. The van der Waals surface area contributed by atoms with Gasteiger partial charge in [0.25, 0.3) is 0 Å². The van der Waals surface area contributed by atoms with Gasteiger partial charge in [-0.1, -0.05) is 6.07 Å². The second kappa shape index (κ2) is 5.79. The van der Waals surface area contributed by atoms with Crippen LogP contribution in [0.5, 0.6) is 0 Å². The fourth-order valence-corrected chi connectivity index (χ4v) is 2.31. The number of halogens is 1. The van der Waals surface area contributed by atoms with Crippen molar-refractivity contribution < 1.29 is 0 Å². The Morgan fingerprint density at radius 2 is 1.90 bits per heavy atom. The molecule has 0 radical (unpaired) electrons. The van der Waals surface area contributed by atoms with E-state index in [9.17, 15) is 0 Å². The van der Waals surface area contributed by atoms with Crippen molar-refractivity contribution in [3.05, 3.63) is 40.5 Å². The third-order valence-electron chi connectivity index (χ3n) is 2.53. The van der Waals surface area contributed by atoms with Crippen LogP contribution in [0, 0.1) is 6.92 Å². The van der Waals surface area contributed by atoms with Crippen LogP contribution in [0.4, 0.5) is 17.5 Å². The average Bonchev–Trinajstić information content (AvgIpc) is 2.31. The zero-order valence-electron chi connectivity index (χ0n) is 12.2. The van der Waals surface area contributed by atoms with Gasteiger partial charge in [-0.2, -0.15) is 4.98 Å². The van der Waals surface area contributed by atoms with Crippen LogP contribution in [0.25, 0.3) is 0 Å². The SMILES string of the molecule is Cc1ccc(Nc2nccc(NC(C)(C)C)n2)c(Br)c1. The number of nitrogens with zero attached hydrogens (tertiary/aromatic N) is 2. The summed E-state index contributed by atoms with van der Waals surface area (Å²) in [6.45, 7) is 8.34. The highest BCUT2D eigenvalue weighted by Crippen LogP contribution is 2.25. The fraction of sp³-hybridized carbons (Fsp3) is 0.333. The topological polar surface area (TPSA) is 49.8 Å². The Hall–Kier alpha value is -1.62. The van der Waals surface area contributed by atoms with Gasteiger partial charge in [-0.25, -0.2) is 4.98 Å². The summed E-state index contributed by atoms with van der Waals surface area (Å²) < 4.78 is 0.996. The van der Waals surface area contributed by atoms with Crippen molar-refractivity contribution in [3.63, 3.8) is 0 Å². The average molecular weight is 335 g/mol. The van der Waals surface area contributed by atoms with Crippen molar-refractivity contribution in [2.24, 2.45) is 0 Å². The van der Waals surface area contributed by atoms with Crippen molar-refractivity contribution in [1.82, 2.24) is 9.97 Å². The number of benzene rings is 1. The van der Waals surface area contributed by atoms with Crippen LogP contribution in [0.3, 0.4) is 0 Å². The van der Waals surface area contributed by atoms with Gasteiger partial charge in [-0.15, -0.1) is 0 Å². The summed E-state index contributed by atoms with van der Waals surface area (Å²) in [5.41, 5.74) is 2.12. The first kappa shape index (κ1) is 14.8. The molecule has 0 atom stereocenters. The van der Waals surface area contributed by atoms with E-state index in [4.69, 9.17) is 0 Å². The van der Waals surface area contributed by atoms with Crippen molar-refractivity contribution in [1.29, 1.82) is 0 Å². The Morgan fingerprint density at radius 1 is 1.15 bits per heavy atom. The second-order valence-electron chi connectivity index (χ2n) is 5.75. The van der Waals surface area contributed by atoms with Gasteiger partial charge in [0.15, 0.2) is 0 Å². The molecule has 0 aliphatic heterocycles. The zero-order chi connectivity index (χ0) is 14.8. The van der Waals surface area contributed by atoms with Crippen molar-refractivity contribution in [2.75, 3.05) is 10.6 Å². The van der Waals surface area contributed by atoms with E-state index in [1.165, 1.54) is 5.56 Å². The standard InChI is InChI=1S/C15H19BrN4/c1-10-5-6-12(11(16)9-10)18-14-17-8-7-13(19-14)20-15(2,3)4/h5-9H,1-4H3,(H2,17,18,19,20). The maximum Gasteiger partial charge on any atom is 0.229 e. The largest absolute Gasteiger partial charge is 0.365 e. The maximum absolute atomic E-state index is 4.46. The first-order valence-corrected chi connectivity index (χ1v) is 7.27. The Morgan fingerprint density at radius 3 is 2.55 bits per heavy atom. The Kier molecular flexibility index (Phi) is 4.28. The van der Waals surface area contributed by atoms with E-state index in [2.05, 4.69) is 70.3 Å². The van der Waals surface area contributed by atoms with Crippen LogP contribution in [-0.2, 0) is 0 Å². The highest BCUT2D eigenvalue weighted by Gasteiger charge is 2.11. The summed E-state index contributed by atoms with van der Waals surface area (Å²) in [6, 6.07) is 7.97. The summed E-state index contributed by atoms with van der Waals surface area (Å²) >= 11 is 3.54. The fourth-order valence-electron chi connectivity index (χ4n) is 1.71. The first-order chi connectivity index (χ1) is 9.33. The number of nitrogens with one attached hydrogen (secondary N) is 2. The predicted molar refractivity (Wildman–Crippen MR) is 87.6 cm³/mol. The third kappa shape index (κ3) is 4.20. The summed E-state index contributed by atoms with van der Waals surface area (Å²) in [7, 11) is 0. The van der Waals surface area contributed by atoms with E-state index in [-0.39, 0.29) is 5.54 Å². The molecule has 0 bridgehead atoms. The molecule has 2 N–H and O–H groups in total. The van der Waals surface area contributed by atoms with E-state index in [0.717, 1.165) is 16.0 Å². The van der Waals surface area contributed by atoms with E-state index in [1.807, 2.05) is 18.2 Å². The molecule has 2 aromatic rings. The molecule has 2 rings (SSSR count). The molecule has 20 heavy (non-hydrogen) atoms. The van der Waals surface area contributed by atoms with Gasteiger partial charge in [0, 0.05) is 16.2 Å². The summed E-state index contributed by atoms with van der Waals surface area (Å²) in [5.74, 6) is 1.38. The number of anilines is 3. The Bertz CT molecular complexity index is 605. The summed E-state index contributed by atoms with van der Waals surface area (Å²) in [5, 5.41) is 6.54. The lowest BCUT2D eigenvalue weighted by Gasteiger charge is -2.21. The molecule has 106 valence electrons. The van der Waals surface area contributed by atoms with Crippen LogP contribution >= 0.6 is 15.9 Å². The van der Waals surface area contributed by atoms with Crippen molar-refractivity contribution in [2.45, 2.75) is 33.2 Å². The van der Waals surface area contributed by atoms with Crippen LogP contribution < -0.4 is 10.6 Å². The minimum absolute atomic E-state index is 0.0317. The van der Waals surface area contributed by atoms with E-state index < -0.39 is 0 Å². The van der Waals surface area contributed by atoms with E-state index in [0.29, 0.717) is 5.95 Å². The third-order valence-corrected chi connectivity index (χ3v) is 3.19. The number of rotatable bonds is 3. The van der Waals surface area contributed by atoms with Gasteiger partial charge in [-0.05, 0) is 67.4 Å². The number of aryl methyl sites for hydroxylation is 1. The molecule has 1 aromatic carbocycles. The number of hydrogen-bond donors (Lipinski definition) is 2. The van der Waals surface area contributed by atoms with Crippen molar-refractivity contribution >= 4 is 33.4 Å². The molecule has 0 amide bonds. The molecule has 1 heterocycles. The van der Waals surface area contributed by atoms with Gasteiger partial charge >= 0.3 is 0 Å². The Labute approximate surface area is 128 Å².